The highest BCUT2D eigenvalue weighted by molar-refractivity contribution is 7.98. The van der Waals surface area contributed by atoms with Gasteiger partial charge in [0.1, 0.15) is 5.03 Å². The molecule has 16 heavy (non-hydrogen) atoms. The van der Waals surface area contributed by atoms with E-state index in [9.17, 15) is 0 Å². The second-order valence-electron chi connectivity index (χ2n) is 3.30. The number of hydrogen-bond acceptors (Lipinski definition) is 5. The molecule has 0 saturated carbocycles. The quantitative estimate of drug-likeness (QED) is 0.820. The zero-order valence-corrected chi connectivity index (χ0v) is 9.74. The van der Waals surface area contributed by atoms with Crippen molar-refractivity contribution in [2.75, 3.05) is 5.73 Å². The van der Waals surface area contributed by atoms with Gasteiger partial charge in [-0.2, -0.15) is 0 Å². The van der Waals surface area contributed by atoms with Crippen LogP contribution in [-0.2, 0) is 5.75 Å². The average Bonchev–Trinajstić information content (AvgIpc) is 2.30. The summed E-state index contributed by atoms with van der Waals surface area (Å²) in [7, 11) is 0. The van der Waals surface area contributed by atoms with Crippen LogP contribution in [0.3, 0.4) is 0 Å². The van der Waals surface area contributed by atoms with E-state index in [1.807, 2.05) is 19.1 Å². The highest BCUT2D eigenvalue weighted by Gasteiger charge is 2.04. The molecule has 4 nitrogen and oxygen atoms in total. The Morgan fingerprint density at radius 3 is 2.75 bits per heavy atom. The van der Waals surface area contributed by atoms with Crippen molar-refractivity contribution in [1.82, 2.24) is 15.0 Å². The van der Waals surface area contributed by atoms with Crippen LogP contribution < -0.4 is 5.73 Å². The Labute approximate surface area is 98.3 Å². The first kappa shape index (κ1) is 10.9. The van der Waals surface area contributed by atoms with Gasteiger partial charge in [-0.25, -0.2) is 9.97 Å². The van der Waals surface area contributed by atoms with Gasteiger partial charge in [0.25, 0.3) is 0 Å². The Balaban J connectivity index is 2.09. The number of aryl methyl sites for hydroxylation is 1. The molecule has 0 aliphatic heterocycles. The number of hydrogen-bond donors (Lipinski definition) is 1. The van der Waals surface area contributed by atoms with Gasteiger partial charge in [0.2, 0.25) is 0 Å². The van der Waals surface area contributed by atoms with E-state index < -0.39 is 0 Å². The molecule has 0 aromatic carbocycles. The standard InChI is InChI=1S/C11H12N4S/c1-8-3-2-4-13-9(8)7-16-11-10(12)14-5-6-15-11/h2-6H,7H2,1H3,(H2,12,14). The van der Waals surface area contributed by atoms with E-state index in [-0.39, 0.29) is 0 Å². The number of aromatic nitrogens is 3. The van der Waals surface area contributed by atoms with Crippen molar-refractivity contribution in [3.63, 3.8) is 0 Å². The maximum absolute atomic E-state index is 5.71. The first-order chi connectivity index (χ1) is 7.77. The predicted molar refractivity (Wildman–Crippen MR) is 65.0 cm³/mol. The molecule has 0 aliphatic rings. The summed E-state index contributed by atoms with van der Waals surface area (Å²) < 4.78 is 0. The van der Waals surface area contributed by atoms with Gasteiger partial charge in [0, 0.05) is 24.3 Å². The van der Waals surface area contributed by atoms with Gasteiger partial charge in [0.05, 0.1) is 5.69 Å². The number of nitrogen functional groups attached to an aromatic ring is 1. The minimum atomic E-state index is 0.473. The number of anilines is 1. The van der Waals surface area contributed by atoms with Crippen LogP contribution in [0.15, 0.2) is 35.7 Å². The van der Waals surface area contributed by atoms with Crippen LogP contribution in [0.5, 0.6) is 0 Å². The lowest BCUT2D eigenvalue weighted by Crippen LogP contribution is -1.96. The van der Waals surface area contributed by atoms with Crippen molar-refractivity contribution in [2.45, 2.75) is 17.7 Å². The predicted octanol–water partition coefficient (Wildman–Crippen LogP) is 2.05. The summed E-state index contributed by atoms with van der Waals surface area (Å²) in [6.45, 7) is 2.04. The normalized spacial score (nSPS) is 10.3. The van der Waals surface area contributed by atoms with Crippen molar-refractivity contribution in [1.29, 1.82) is 0 Å². The Kier molecular flexibility index (Phi) is 3.36. The van der Waals surface area contributed by atoms with Gasteiger partial charge in [0.15, 0.2) is 5.82 Å². The third kappa shape index (κ3) is 2.49. The van der Waals surface area contributed by atoms with E-state index >= 15 is 0 Å². The van der Waals surface area contributed by atoms with Crippen LogP contribution in [0.25, 0.3) is 0 Å². The monoisotopic (exact) mass is 232 g/mol. The SMILES string of the molecule is Cc1cccnc1CSc1nccnc1N. The minimum Gasteiger partial charge on any atom is -0.381 e. The minimum absolute atomic E-state index is 0.473. The van der Waals surface area contributed by atoms with Crippen molar-refractivity contribution in [3.8, 4) is 0 Å². The van der Waals surface area contributed by atoms with Gasteiger partial charge in [-0.3, -0.25) is 4.98 Å². The maximum Gasteiger partial charge on any atom is 0.156 e. The van der Waals surface area contributed by atoms with Crippen LogP contribution in [-0.4, -0.2) is 15.0 Å². The molecular formula is C11H12N4S. The van der Waals surface area contributed by atoms with Crippen LogP contribution in [0.1, 0.15) is 11.3 Å². The number of rotatable bonds is 3. The molecule has 2 N–H and O–H groups in total. The lowest BCUT2D eigenvalue weighted by atomic mass is 10.2. The van der Waals surface area contributed by atoms with Crippen molar-refractivity contribution in [2.24, 2.45) is 0 Å². The van der Waals surface area contributed by atoms with E-state index in [0.717, 1.165) is 16.5 Å². The fourth-order valence-corrected chi connectivity index (χ4v) is 2.17. The van der Waals surface area contributed by atoms with Crippen LogP contribution in [0.4, 0.5) is 5.82 Å². The summed E-state index contributed by atoms with van der Waals surface area (Å²) in [5.41, 5.74) is 7.94. The fourth-order valence-electron chi connectivity index (χ4n) is 1.25. The zero-order valence-electron chi connectivity index (χ0n) is 8.92. The lowest BCUT2D eigenvalue weighted by Gasteiger charge is -2.04. The van der Waals surface area contributed by atoms with E-state index in [2.05, 4.69) is 15.0 Å². The molecule has 0 bridgehead atoms. The lowest BCUT2D eigenvalue weighted by molar-refractivity contribution is 1.06. The fraction of sp³-hybridized carbons (Fsp3) is 0.182. The van der Waals surface area contributed by atoms with Crippen LogP contribution in [0.2, 0.25) is 0 Å². The van der Waals surface area contributed by atoms with E-state index in [4.69, 9.17) is 5.73 Å². The van der Waals surface area contributed by atoms with Crippen LogP contribution >= 0.6 is 11.8 Å². The molecule has 2 aromatic heterocycles. The molecule has 0 aliphatic carbocycles. The Morgan fingerprint density at radius 2 is 2.00 bits per heavy atom. The third-order valence-corrected chi connectivity index (χ3v) is 3.16. The van der Waals surface area contributed by atoms with E-state index in [1.54, 1.807) is 30.4 Å². The highest BCUT2D eigenvalue weighted by Crippen LogP contribution is 2.24. The van der Waals surface area contributed by atoms with E-state index in [1.165, 1.54) is 5.56 Å². The Bertz CT molecular complexity index is 441. The second kappa shape index (κ2) is 4.94. The highest BCUT2D eigenvalue weighted by atomic mass is 32.2. The summed E-state index contributed by atoms with van der Waals surface area (Å²) in [6.07, 6.45) is 5.03. The topological polar surface area (TPSA) is 64.7 Å². The number of nitrogens with zero attached hydrogens (tertiary/aromatic N) is 3. The molecule has 0 amide bonds. The summed E-state index contributed by atoms with van der Waals surface area (Å²) in [6, 6.07) is 3.98. The smallest absolute Gasteiger partial charge is 0.156 e. The van der Waals surface area contributed by atoms with Crippen molar-refractivity contribution in [3.05, 3.63) is 42.0 Å². The van der Waals surface area contributed by atoms with Gasteiger partial charge >= 0.3 is 0 Å². The van der Waals surface area contributed by atoms with Gasteiger partial charge < -0.3 is 5.73 Å². The summed E-state index contributed by atoms with van der Waals surface area (Å²) in [5, 5.41) is 0.757. The molecule has 0 radical (unpaired) electrons. The van der Waals surface area contributed by atoms with Crippen molar-refractivity contribution >= 4 is 17.6 Å². The molecule has 0 atom stereocenters. The molecule has 2 rings (SSSR count). The van der Waals surface area contributed by atoms with Gasteiger partial charge in [-0.1, -0.05) is 17.8 Å². The first-order valence-corrected chi connectivity index (χ1v) is 5.85. The first-order valence-electron chi connectivity index (χ1n) is 4.87. The molecule has 2 aromatic rings. The largest absolute Gasteiger partial charge is 0.381 e. The molecule has 2 heterocycles. The van der Waals surface area contributed by atoms with E-state index in [0.29, 0.717) is 5.82 Å². The summed E-state index contributed by atoms with van der Waals surface area (Å²) in [4.78, 5) is 12.5. The number of nitrogens with two attached hydrogens (primary N) is 1. The molecule has 0 saturated heterocycles. The van der Waals surface area contributed by atoms with Crippen molar-refractivity contribution < 1.29 is 0 Å². The Hall–Kier alpha value is -1.62. The van der Waals surface area contributed by atoms with Gasteiger partial charge in [-0.15, -0.1) is 0 Å². The molecular weight excluding hydrogens is 220 g/mol. The average molecular weight is 232 g/mol. The summed E-state index contributed by atoms with van der Waals surface area (Å²) in [5.74, 6) is 1.23. The Morgan fingerprint density at radius 1 is 1.19 bits per heavy atom. The molecule has 0 spiro atoms. The molecule has 0 fully saturated rings. The second-order valence-corrected chi connectivity index (χ2v) is 4.27. The number of thioether (sulfide) groups is 1. The zero-order chi connectivity index (χ0) is 11.4. The number of pyridine rings is 1. The summed E-state index contributed by atoms with van der Waals surface area (Å²) >= 11 is 1.55. The molecule has 82 valence electrons. The maximum atomic E-state index is 5.71. The van der Waals surface area contributed by atoms with Gasteiger partial charge in [-0.05, 0) is 18.6 Å². The van der Waals surface area contributed by atoms with Crippen LogP contribution in [0, 0.1) is 6.92 Å². The molecule has 0 unspecified atom stereocenters. The molecule has 5 heteroatoms. The third-order valence-electron chi connectivity index (χ3n) is 2.15.